The molecule has 0 aromatic heterocycles. The predicted molar refractivity (Wildman–Crippen MR) is 109 cm³/mol. The topological polar surface area (TPSA) is 105 Å². The molecule has 1 heterocycles. The van der Waals surface area contributed by atoms with Crippen molar-refractivity contribution in [1.82, 2.24) is 9.62 Å². The first-order valence-electron chi connectivity index (χ1n) is 10.1. The van der Waals surface area contributed by atoms with Crippen LogP contribution in [0.3, 0.4) is 0 Å². The van der Waals surface area contributed by atoms with E-state index in [-0.39, 0.29) is 16.1 Å². The van der Waals surface area contributed by atoms with Crippen molar-refractivity contribution in [3.8, 4) is 0 Å². The Hall–Kier alpha value is -1.71. The maximum atomic E-state index is 12.0. The number of piperidine rings is 1. The van der Waals surface area contributed by atoms with Crippen molar-refractivity contribution in [1.29, 1.82) is 0 Å². The van der Waals surface area contributed by atoms with Gasteiger partial charge in [-0.25, -0.2) is 13.1 Å². The molecule has 0 amide bonds. The summed E-state index contributed by atoms with van der Waals surface area (Å²) in [7, 11) is -2.44. The summed E-state index contributed by atoms with van der Waals surface area (Å²) in [4.78, 5) is 13.5. The fourth-order valence-electron chi connectivity index (χ4n) is 4.54. The second kappa shape index (κ2) is 8.75. The van der Waals surface area contributed by atoms with Crippen molar-refractivity contribution in [2.45, 2.75) is 61.8 Å². The van der Waals surface area contributed by atoms with Crippen LogP contribution in [0.1, 0.15) is 51.4 Å². The zero-order chi connectivity index (χ0) is 20.2. The molecule has 0 bridgehead atoms. The number of anilines is 1. The number of hydrogen-bond acceptors (Lipinski definition) is 6. The number of hydrogen-bond donors (Lipinski definition) is 2. The first kappa shape index (κ1) is 21.0. The second-order valence-corrected chi connectivity index (χ2v) is 9.72. The van der Waals surface area contributed by atoms with Crippen LogP contribution in [-0.2, 0) is 10.0 Å². The lowest BCUT2D eigenvalue weighted by molar-refractivity contribution is -0.384. The molecule has 8 nitrogen and oxygen atoms in total. The summed E-state index contributed by atoms with van der Waals surface area (Å²) < 4.78 is 26.2. The van der Waals surface area contributed by atoms with Gasteiger partial charge in [-0.2, -0.15) is 0 Å². The number of benzene rings is 1. The van der Waals surface area contributed by atoms with Gasteiger partial charge in [0.05, 0.1) is 9.82 Å². The van der Waals surface area contributed by atoms with Crippen LogP contribution in [0.4, 0.5) is 11.4 Å². The maximum Gasteiger partial charge on any atom is 0.293 e. The van der Waals surface area contributed by atoms with Gasteiger partial charge >= 0.3 is 0 Å². The molecule has 0 unspecified atom stereocenters. The van der Waals surface area contributed by atoms with Gasteiger partial charge in [-0.3, -0.25) is 15.0 Å². The van der Waals surface area contributed by atoms with Crippen LogP contribution in [0.15, 0.2) is 23.1 Å². The number of likely N-dealkylation sites (tertiary alicyclic amines) is 1. The molecule has 156 valence electrons. The fraction of sp³-hybridized carbons (Fsp3) is 0.684. The highest BCUT2D eigenvalue weighted by Gasteiger charge is 2.38. The summed E-state index contributed by atoms with van der Waals surface area (Å²) in [5, 5.41) is 14.9. The summed E-state index contributed by atoms with van der Waals surface area (Å²) in [5.74, 6) is 0. The third-order valence-corrected chi connectivity index (χ3v) is 7.58. The summed E-state index contributed by atoms with van der Waals surface area (Å²) >= 11 is 0. The Morgan fingerprint density at radius 2 is 1.75 bits per heavy atom. The molecule has 2 fully saturated rings. The molecule has 1 aliphatic heterocycles. The molecule has 1 aromatic carbocycles. The van der Waals surface area contributed by atoms with Crippen LogP contribution in [0.5, 0.6) is 0 Å². The zero-order valence-electron chi connectivity index (χ0n) is 16.4. The summed E-state index contributed by atoms with van der Waals surface area (Å²) in [6.07, 6.45) is 9.48. The average molecular weight is 411 g/mol. The minimum Gasteiger partial charge on any atom is -0.378 e. The average Bonchev–Trinajstić information content (AvgIpc) is 2.73. The van der Waals surface area contributed by atoms with Crippen molar-refractivity contribution >= 4 is 21.4 Å². The molecule has 1 saturated heterocycles. The molecule has 9 heteroatoms. The maximum absolute atomic E-state index is 12.0. The highest BCUT2D eigenvalue weighted by atomic mass is 32.2. The third-order valence-electron chi connectivity index (χ3n) is 6.16. The standard InChI is InChI=1S/C19H30N4O4S/c1-20-28(26,27)16-8-9-17(18(14-16)23(24)25)21-15-19(10-4-2-5-11-19)22-12-6-3-7-13-22/h8-9,14,20-21H,2-7,10-13,15H2,1H3. The number of nitro benzene ring substituents is 1. The molecular weight excluding hydrogens is 380 g/mol. The summed E-state index contributed by atoms with van der Waals surface area (Å²) in [6.45, 7) is 2.82. The number of rotatable bonds is 7. The Labute approximate surface area is 166 Å². The Morgan fingerprint density at radius 3 is 2.36 bits per heavy atom. The highest BCUT2D eigenvalue weighted by Crippen LogP contribution is 2.37. The number of nitrogens with zero attached hydrogens (tertiary/aromatic N) is 2. The molecule has 0 atom stereocenters. The van der Waals surface area contributed by atoms with Crippen molar-refractivity contribution in [2.75, 3.05) is 32.0 Å². The lowest BCUT2D eigenvalue weighted by atomic mass is 9.79. The van der Waals surface area contributed by atoms with E-state index < -0.39 is 14.9 Å². The normalized spacial score (nSPS) is 20.6. The second-order valence-electron chi connectivity index (χ2n) is 7.83. The largest absolute Gasteiger partial charge is 0.378 e. The van der Waals surface area contributed by atoms with Crippen LogP contribution in [0, 0.1) is 10.1 Å². The lowest BCUT2D eigenvalue weighted by Crippen LogP contribution is -2.56. The van der Waals surface area contributed by atoms with Crippen LogP contribution in [0.25, 0.3) is 0 Å². The SMILES string of the molecule is CNS(=O)(=O)c1ccc(NCC2(N3CCCCC3)CCCCC2)c([N+](=O)[O-])c1. The van der Waals surface area contributed by atoms with Crippen LogP contribution >= 0.6 is 0 Å². The van der Waals surface area contributed by atoms with E-state index in [1.807, 2.05) is 0 Å². The smallest absolute Gasteiger partial charge is 0.293 e. The molecule has 2 aliphatic rings. The first-order chi connectivity index (χ1) is 13.4. The van der Waals surface area contributed by atoms with Gasteiger partial charge in [0, 0.05) is 18.2 Å². The Morgan fingerprint density at radius 1 is 1.11 bits per heavy atom. The van der Waals surface area contributed by atoms with Gasteiger partial charge in [0.25, 0.3) is 5.69 Å². The Balaban J connectivity index is 1.84. The van der Waals surface area contributed by atoms with Crippen molar-refractivity contribution in [2.24, 2.45) is 0 Å². The highest BCUT2D eigenvalue weighted by molar-refractivity contribution is 7.89. The van der Waals surface area contributed by atoms with E-state index in [1.54, 1.807) is 0 Å². The summed E-state index contributed by atoms with van der Waals surface area (Å²) in [6, 6.07) is 4.05. The molecule has 0 radical (unpaired) electrons. The lowest BCUT2D eigenvalue weighted by Gasteiger charge is -2.48. The van der Waals surface area contributed by atoms with E-state index >= 15 is 0 Å². The molecule has 28 heavy (non-hydrogen) atoms. The van der Waals surface area contributed by atoms with Crippen molar-refractivity contribution in [3.63, 3.8) is 0 Å². The van der Waals surface area contributed by atoms with Gasteiger partial charge in [-0.05, 0) is 58.0 Å². The van der Waals surface area contributed by atoms with E-state index in [1.165, 1.54) is 57.7 Å². The van der Waals surface area contributed by atoms with Gasteiger partial charge in [0.2, 0.25) is 10.0 Å². The van der Waals surface area contributed by atoms with Crippen LogP contribution in [-0.4, -0.2) is 50.5 Å². The van der Waals surface area contributed by atoms with Gasteiger partial charge in [-0.1, -0.05) is 25.7 Å². The molecule has 1 aromatic rings. The fourth-order valence-corrected chi connectivity index (χ4v) is 5.29. The quantitative estimate of drug-likeness (QED) is 0.529. The molecule has 1 aliphatic carbocycles. The Bertz CT molecular complexity index is 800. The van der Waals surface area contributed by atoms with Crippen molar-refractivity contribution in [3.05, 3.63) is 28.3 Å². The minimum atomic E-state index is -3.73. The Kier molecular flexibility index (Phi) is 6.57. The summed E-state index contributed by atoms with van der Waals surface area (Å²) in [5.41, 5.74) is 0.199. The van der Waals surface area contributed by atoms with E-state index in [0.29, 0.717) is 12.2 Å². The van der Waals surface area contributed by atoms with E-state index in [4.69, 9.17) is 0 Å². The first-order valence-corrected chi connectivity index (χ1v) is 11.6. The number of sulfonamides is 1. The van der Waals surface area contributed by atoms with E-state index in [2.05, 4.69) is 14.9 Å². The molecule has 1 saturated carbocycles. The van der Waals surface area contributed by atoms with Gasteiger partial charge in [0.1, 0.15) is 5.69 Å². The van der Waals surface area contributed by atoms with Gasteiger partial charge in [-0.15, -0.1) is 0 Å². The monoisotopic (exact) mass is 410 g/mol. The van der Waals surface area contributed by atoms with Gasteiger partial charge in [0.15, 0.2) is 0 Å². The molecule has 2 N–H and O–H groups in total. The van der Waals surface area contributed by atoms with Crippen molar-refractivity contribution < 1.29 is 13.3 Å². The third kappa shape index (κ3) is 4.47. The molecule has 3 rings (SSSR count). The van der Waals surface area contributed by atoms with Crippen LogP contribution < -0.4 is 10.0 Å². The van der Waals surface area contributed by atoms with E-state index in [9.17, 15) is 18.5 Å². The molecular formula is C19H30N4O4S. The van der Waals surface area contributed by atoms with Crippen LogP contribution in [0.2, 0.25) is 0 Å². The number of nitro groups is 1. The minimum absolute atomic E-state index is 0.0300. The van der Waals surface area contributed by atoms with E-state index in [0.717, 1.165) is 32.0 Å². The molecule has 0 spiro atoms. The van der Waals surface area contributed by atoms with Gasteiger partial charge < -0.3 is 5.32 Å². The zero-order valence-corrected chi connectivity index (χ0v) is 17.3. The number of nitrogens with one attached hydrogen (secondary N) is 2. The predicted octanol–water partition coefficient (Wildman–Crippen LogP) is 3.10.